The fraction of sp³-hybridized carbons (Fsp3) is 0.321. The number of ether oxygens (including phenoxy) is 3. The monoisotopic (exact) mass is 476 g/mol. The van der Waals surface area contributed by atoms with Crippen molar-refractivity contribution in [2.75, 3.05) is 19.8 Å². The van der Waals surface area contributed by atoms with E-state index in [1.807, 2.05) is 66.9 Å². The van der Waals surface area contributed by atoms with Gasteiger partial charge >= 0.3 is 12.1 Å². The van der Waals surface area contributed by atoms with Crippen LogP contribution in [0.4, 0.5) is 4.79 Å². The van der Waals surface area contributed by atoms with E-state index >= 15 is 0 Å². The second kappa shape index (κ2) is 13.7. The minimum absolute atomic E-state index is 0.127. The number of hydrogen-bond acceptors (Lipinski definition) is 6. The molecule has 3 aromatic rings. The van der Waals surface area contributed by atoms with Gasteiger partial charge in [0, 0.05) is 24.9 Å². The Morgan fingerprint density at radius 2 is 1.60 bits per heavy atom. The number of carbonyl (C=O) groups excluding carboxylic acids is 2. The van der Waals surface area contributed by atoms with E-state index in [4.69, 9.17) is 14.2 Å². The van der Waals surface area contributed by atoms with Gasteiger partial charge in [0.15, 0.2) is 0 Å². The van der Waals surface area contributed by atoms with Crippen LogP contribution >= 0.6 is 0 Å². The molecule has 1 amide bonds. The van der Waals surface area contributed by atoms with Crippen molar-refractivity contribution in [3.05, 3.63) is 95.3 Å². The predicted octanol–water partition coefficient (Wildman–Crippen LogP) is 4.97. The molecule has 0 saturated carbocycles. The Balaban J connectivity index is 1.54. The standard InChI is InChI=1S/C28H32N2O5/c1-3-22-10-13-25(29-18-22)16-17-34-26-14-11-23(12-15-26)19-30(20-27(31)33-4-2)28(32)35-21-24-8-6-5-7-9-24/h5-15,18H,3-4,16-17,19-21H2,1-2H3. The van der Waals surface area contributed by atoms with Gasteiger partial charge in [0.05, 0.1) is 13.2 Å². The first-order valence-corrected chi connectivity index (χ1v) is 11.8. The molecule has 0 aliphatic rings. The van der Waals surface area contributed by atoms with Crippen LogP contribution in [0.15, 0.2) is 72.9 Å². The summed E-state index contributed by atoms with van der Waals surface area (Å²) in [6.07, 6.45) is 3.00. The minimum Gasteiger partial charge on any atom is -0.493 e. The molecule has 0 unspecified atom stereocenters. The van der Waals surface area contributed by atoms with Crippen molar-refractivity contribution >= 4 is 12.1 Å². The van der Waals surface area contributed by atoms with Gasteiger partial charge in [0.1, 0.15) is 18.9 Å². The smallest absolute Gasteiger partial charge is 0.410 e. The quantitative estimate of drug-likeness (QED) is 0.344. The van der Waals surface area contributed by atoms with Crippen molar-refractivity contribution in [2.45, 2.75) is 39.8 Å². The molecule has 3 rings (SSSR count). The van der Waals surface area contributed by atoms with Crippen LogP contribution in [-0.2, 0) is 40.3 Å². The van der Waals surface area contributed by atoms with Crippen LogP contribution in [-0.4, -0.2) is 41.7 Å². The summed E-state index contributed by atoms with van der Waals surface area (Å²) in [5, 5.41) is 0. The molecule has 0 aliphatic heterocycles. The molecule has 1 heterocycles. The van der Waals surface area contributed by atoms with Crippen molar-refractivity contribution in [1.82, 2.24) is 9.88 Å². The number of nitrogens with zero attached hydrogens (tertiary/aromatic N) is 2. The second-order valence-corrected chi connectivity index (χ2v) is 7.96. The lowest BCUT2D eigenvalue weighted by molar-refractivity contribution is -0.144. The summed E-state index contributed by atoms with van der Waals surface area (Å²) in [6.45, 7) is 4.73. The first kappa shape index (κ1) is 25.7. The van der Waals surface area contributed by atoms with Crippen molar-refractivity contribution in [3.63, 3.8) is 0 Å². The van der Waals surface area contributed by atoms with Crippen LogP contribution in [0.3, 0.4) is 0 Å². The number of rotatable bonds is 12. The number of esters is 1. The molecule has 7 heteroatoms. The lowest BCUT2D eigenvalue weighted by Crippen LogP contribution is -2.36. The van der Waals surface area contributed by atoms with Gasteiger partial charge in [-0.2, -0.15) is 0 Å². The predicted molar refractivity (Wildman–Crippen MR) is 133 cm³/mol. The topological polar surface area (TPSA) is 78.0 Å². The number of carbonyl (C=O) groups is 2. The Kier molecular flexibility index (Phi) is 10.1. The molecule has 2 aromatic carbocycles. The molecular weight excluding hydrogens is 444 g/mol. The maximum absolute atomic E-state index is 12.7. The number of amides is 1. The molecule has 0 radical (unpaired) electrons. The number of pyridine rings is 1. The minimum atomic E-state index is -0.580. The third-order valence-electron chi connectivity index (χ3n) is 5.31. The van der Waals surface area contributed by atoms with Crippen LogP contribution in [0.1, 0.15) is 36.2 Å². The summed E-state index contributed by atoms with van der Waals surface area (Å²) in [4.78, 5) is 30.5. The zero-order valence-corrected chi connectivity index (χ0v) is 20.3. The molecule has 0 fully saturated rings. The summed E-state index contributed by atoms with van der Waals surface area (Å²) in [7, 11) is 0. The van der Waals surface area contributed by atoms with Crippen molar-refractivity contribution in [1.29, 1.82) is 0 Å². The zero-order chi connectivity index (χ0) is 24.9. The van der Waals surface area contributed by atoms with Crippen molar-refractivity contribution in [2.24, 2.45) is 0 Å². The molecule has 0 saturated heterocycles. The number of aryl methyl sites for hydroxylation is 1. The average Bonchev–Trinajstić information content (AvgIpc) is 2.89. The Hall–Kier alpha value is -3.87. The highest BCUT2D eigenvalue weighted by molar-refractivity contribution is 5.78. The molecule has 184 valence electrons. The fourth-order valence-corrected chi connectivity index (χ4v) is 3.36. The van der Waals surface area contributed by atoms with E-state index in [0.29, 0.717) is 13.0 Å². The highest BCUT2D eigenvalue weighted by Crippen LogP contribution is 2.15. The van der Waals surface area contributed by atoms with E-state index in [2.05, 4.69) is 18.0 Å². The molecule has 1 aromatic heterocycles. The van der Waals surface area contributed by atoms with Crippen molar-refractivity contribution in [3.8, 4) is 5.75 Å². The third kappa shape index (κ3) is 8.77. The Labute approximate surface area is 206 Å². The third-order valence-corrected chi connectivity index (χ3v) is 5.31. The van der Waals surface area contributed by atoms with Gasteiger partial charge in [-0.25, -0.2) is 4.79 Å². The summed E-state index contributed by atoms with van der Waals surface area (Å²) >= 11 is 0. The van der Waals surface area contributed by atoms with E-state index < -0.39 is 12.1 Å². The van der Waals surface area contributed by atoms with Gasteiger partial charge in [-0.3, -0.25) is 14.7 Å². The largest absolute Gasteiger partial charge is 0.493 e. The van der Waals surface area contributed by atoms with Gasteiger partial charge < -0.3 is 14.2 Å². The molecule has 0 atom stereocenters. The molecule has 0 N–H and O–H groups in total. The highest BCUT2D eigenvalue weighted by atomic mass is 16.6. The first-order chi connectivity index (χ1) is 17.1. The molecule has 7 nitrogen and oxygen atoms in total. The van der Waals surface area contributed by atoms with Crippen LogP contribution in [0.2, 0.25) is 0 Å². The van der Waals surface area contributed by atoms with Gasteiger partial charge in [0.25, 0.3) is 0 Å². The van der Waals surface area contributed by atoms with Gasteiger partial charge in [-0.15, -0.1) is 0 Å². The Morgan fingerprint density at radius 1 is 0.857 bits per heavy atom. The maximum Gasteiger partial charge on any atom is 0.410 e. The van der Waals surface area contributed by atoms with E-state index in [0.717, 1.165) is 29.0 Å². The first-order valence-electron chi connectivity index (χ1n) is 11.8. The van der Waals surface area contributed by atoms with Crippen molar-refractivity contribution < 1.29 is 23.8 Å². The number of benzene rings is 2. The number of hydrogen-bond donors (Lipinski definition) is 0. The fourth-order valence-electron chi connectivity index (χ4n) is 3.36. The van der Waals surface area contributed by atoms with Gasteiger partial charge in [0.2, 0.25) is 0 Å². The summed E-state index contributed by atoms with van der Waals surface area (Å²) < 4.78 is 16.3. The summed E-state index contributed by atoms with van der Waals surface area (Å²) in [6, 6.07) is 20.9. The lowest BCUT2D eigenvalue weighted by atomic mass is 10.2. The maximum atomic E-state index is 12.7. The highest BCUT2D eigenvalue weighted by Gasteiger charge is 2.20. The van der Waals surface area contributed by atoms with Crippen LogP contribution in [0, 0.1) is 0 Å². The summed E-state index contributed by atoms with van der Waals surface area (Å²) in [5.74, 6) is 0.243. The average molecular weight is 477 g/mol. The van der Waals surface area contributed by atoms with E-state index in [1.54, 1.807) is 6.92 Å². The Morgan fingerprint density at radius 3 is 2.26 bits per heavy atom. The summed E-state index contributed by atoms with van der Waals surface area (Å²) in [5.41, 5.74) is 3.92. The van der Waals surface area contributed by atoms with Crippen LogP contribution in [0.25, 0.3) is 0 Å². The molecule has 0 spiro atoms. The Bertz CT molecular complexity index is 1050. The van der Waals surface area contributed by atoms with Crippen LogP contribution in [0.5, 0.6) is 5.75 Å². The van der Waals surface area contributed by atoms with E-state index in [1.165, 1.54) is 10.5 Å². The SMILES string of the molecule is CCOC(=O)CN(Cc1ccc(OCCc2ccc(CC)cn2)cc1)C(=O)OCc1ccccc1. The van der Waals surface area contributed by atoms with Crippen LogP contribution < -0.4 is 4.74 Å². The molecule has 35 heavy (non-hydrogen) atoms. The van der Waals surface area contributed by atoms with E-state index in [9.17, 15) is 9.59 Å². The zero-order valence-electron chi connectivity index (χ0n) is 20.3. The molecule has 0 bridgehead atoms. The molecule has 0 aliphatic carbocycles. The second-order valence-electron chi connectivity index (χ2n) is 7.96. The number of aromatic nitrogens is 1. The van der Waals surface area contributed by atoms with Gasteiger partial charge in [-0.05, 0) is 48.2 Å². The van der Waals surface area contributed by atoms with Gasteiger partial charge in [-0.1, -0.05) is 55.5 Å². The van der Waals surface area contributed by atoms with E-state index in [-0.39, 0.29) is 26.3 Å². The normalized spacial score (nSPS) is 10.5. The molecular formula is C28H32N2O5. The lowest BCUT2D eigenvalue weighted by Gasteiger charge is -2.21.